The van der Waals surface area contributed by atoms with Gasteiger partial charge in [0.25, 0.3) is 11.8 Å². The van der Waals surface area contributed by atoms with Crippen molar-refractivity contribution in [3.8, 4) is 9.75 Å². The van der Waals surface area contributed by atoms with Crippen LogP contribution < -0.4 is 0 Å². The van der Waals surface area contributed by atoms with Crippen LogP contribution in [0, 0.1) is 11.8 Å². The van der Waals surface area contributed by atoms with Crippen molar-refractivity contribution in [2.45, 2.75) is 337 Å². The van der Waals surface area contributed by atoms with Crippen LogP contribution in [0.1, 0.15) is 356 Å². The highest BCUT2D eigenvalue weighted by molar-refractivity contribution is 7.30. The number of fused-ring (bicyclic) bond motifs is 4. The summed E-state index contributed by atoms with van der Waals surface area (Å²) in [5.41, 5.74) is 3.43. The first-order valence-electron chi connectivity index (χ1n) is 38.0. The largest absolute Gasteiger partial charge is 0.465 e. The molecule has 2 aliphatic rings. The molecule has 0 fully saturated rings. The number of thiophene rings is 4. The smallest absolute Gasteiger partial charge is 0.338 e. The highest BCUT2D eigenvalue weighted by atomic mass is 32.1. The van der Waals surface area contributed by atoms with Crippen molar-refractivity contribution >= 4 is 94.7 Å². The molecule has 6 nitrogen and oxygen atoms in total. The molecule has 2 amide bonds. The van der Waals surface area contributed by atoms with Crippen molar-refractivity contribution in [1.29, 1.82) is 0 Å². The maximum atomic E-state index is 16.3. The van der Waals surface area contributed by atoms with E-state index < -0.39 is 0 Å². The number of unbranched alkanes of at least 4 members (excludes halogenated alkanes) is 32. The van der Waals surface area contributed by atoms with Gasteiger partial charge in [-0.15, -0.1) is 45.3 Å². The number of esters is 1. The van der Waals surface area contributed by atoms with Gasteiger partial charge in [0, 0.05) is 38.0 Å². The monoisotopic (exact) mass is 1330 g/mol. The van der Waals surface area contributed by atoms with Crippen molar-refractivity contribution < 1.29 is 19.1 Å². The van der Waals surface area contributed by atoms with Crippen LogP contribution >= 0.6 is 45.3 Å². The third-order valence-corrected chi connectivity index (χ3v) is 25.7. The normalized spacial score (nSPS) is 14.6. The van der Waals surface area contributed by atoms with Gasteiger partial charge in [0.1, 0.15) is 0 Å². The van der Waals surface area contributed by atoms with Gasteiger partial charge in [-0.3, -0.25) is 9.59 Å². The Morgan fingerprint density at radius 2 is 0.761 bits per heavy atom. The Bertz CT molecular complexity index is 3070. The molecule has 7 rings (SSSR count). The van der Waals surface area contributed by atoms with Crippen LogP contribution in [-0.4, -0.2) is 47.8 Å². The van der Waals surface area contributed by atoms with Crippen molar-refractivity contribution in [3.05, 3.63) is 78.7 Å². The molecule has 512 valence electrons. The fourth-order valence-electron chi connectivity index (χ4n) is 14.3. The molecule has 0 saturated heterocycles. The molecular weight excluding hydrogens is 1210 g/mol. The standard InChI is InChI=1S/C82H126N2O4S4/c1-12-16-20-24-28-32-34-38-42-46-49-61(48-44-40-36-30-26-22-18-14-3)59-83-74(67-53-52-66(89-67)69-57-63-56-65(80(87)88-11)64-58-71(82(8,9)10)92-77(64)76(63)91-69)72-73(79(83)86)75(68-54-55-70(90-68)81(5,6)7)84(78(72)85)60-62(50-45-41-37-31-27-23-19-15-4)51-47-43-39-35-33-29-25-21-17-13-2/h52-58,61-62H,12-51,59-60H2,1-11H3. The van der Waals surface area contributed by atoms with E-state index in [-0.39, 0.29) is 28.6 Å². The van der Waals surface area contributed by atoms with Gasteiger partial charge in [-0.25, -0.2) is 4.79 Å². The molecule has 4 aromatic heterocycles. The van der Waals surface area contributed by atoms with Gasteiger partial charge in [-0.05, 0) is 96.2 Å². The summed E-state index contributed by atoms with van der Waals surface area (Å²) in [5.74, 6) is 0.413. The molecule has 5 aromatic rings. The Kier molecular flexibility index (Phi) is 32.6. The maximum Gasteiger partial charge on any atom is 0.338 e. The summed E-state index contributed by atoms with van der Waals surface area (Å²) in [4.78, 5) is 57.2. The van der Waals surface area contributed by atoms with E-state index in [9.17, 15) is 4.79 Å². The van der Waals surface area contributed by atoms with E-state index in [1.165, 1.54) is 253 Å². The van der Waals surface area contributed by atoms with Crippen LogP contribution in [0.4, 0.5) is 0 Å². The van der Waals surface area contributed by atoms with E-state index in [0.717, 1.165) is 72.1 Å². The van der Waals surface area contributed by atoms with Gasteiger partial charge in [-0.1, -0.05) is 300 Å². The topological polar surface area (TPSA) is 66.9 Å². The molecule has 6 heterocycles. The Hall–Kier alpha value is -3.57. The van der Waals surface area contributed by atoms with E-state index in [2.05, 4.69) is 115 Å². The number of amides is 2. The lowest BCUT2D eigenvalue weighted by Gasteiger charge is -2.29. The van der Waals surface area contributed by atoms with Crippen LogP contribution in [0.3, 0.4) is 0 Å². The summed E-state index contributed by atoms with van der Waals surface area (Å²) in [6, 6.07) is 15.4. The molecule has 10 heteroatoms. The number of hydrogen-bond donors (Lipinski definition) is 0. The molecule has 2 atom stereocenters. The van der Waals surface area contributed by atoms with Gasteiger partial charge in [0.2, 0.25) is 0 Å². The van der Waals surface area contributed by atoms with Crippen LogP contribution in [0.15, 0.2) is 53.6 Å². The van der Waals surface area contributed by atoms with Crippen molar-refractivity contribution in [1.82, 2.24) is 9.80 Å². The molecule has 0 saturated carbocycles. The molecule has 0 bridgehead atoms. The van der Waals surface area contributed by atoms with E-state index >= 15 is 9.59 Å². The van der Waals surface area contributed by atoms with Crippen LogP contribution in [0.25, 0.3) is 41.3 Å². The van der Waals surface area contributed by atoms with Crippen LogP contribution in [0.5, 0.6) is 0 Å². The van der Waals surface area contributed by atoms with Crippen molar-refractivity contribution in [2.75, 3.05) is 20.2 Å². The first kappa shape index (κ1) is 75.8. The third-order valence-electron chi connectivity index (χ3n) is 20.0. The van der Waals surface area contributed by atoms with Gasteiger partial charge >= 0.3 is 5.97 Å². The first-order chi connectivity index (χ1) is 44.5. The fraction of sp³-hybridized carbons (Fsp3) is 0.695. The Balaban J connectivity index is 1.28. The molecule has 0 aliphatic carbocycles. The minimum Gasteiger partial charge on any atom is -0.465 e. The lowest BCUT2D eigenvalue weighted by Crippen LogP contribution is -2.34. The number of ether oxygens (including phenoxy) is 1. The maximum absolute atomic E-state index is 16.3. The average molecular weight is 1330 g/mol. The second kappa shape index (κ2) is 39.6. The molecule has 2 unspecified atom stereocenters. The highest BCUT2D eigenvalue weighted by Crippen LogP contribution is 2.52. The Morgan fingerprint density at radius 3 is 1.13 bits per heavy atom. The Labute approximate surface area is 577 Å². The number of carbonyl (C=O) groups is 3. The molecule has 0 N–H and O–H groups in total. The SMILES string of the molecule is CCCCCCCCCCCCC(CCCCCCCCCC)CN1C(=O)C2=C(c3ccc(C(C)(C)C)s3)N(CC(CCCCCCCCCC)CCCCCCCCCCCC)C(=O)C2=C1c1ccc(-c2cc3cc(C(=O)OC)c4cc(C(C)(C)C)sc4c3s2)s1. The summed E-state index contributed by atoms with van der Waals surface area (Å²) in [6.45, 7) is 24.0. The summed E-state index contributed by atoms with van der Waals surface area (Å²) in [5, 5.41) is 1.99. The zero-order chi connectivity index (χ0) is 65.9. The number of rotatable bonds is 48. The first-order valence-corrected chi connectivity index (χ1v) is 41.2. The van der Waals surface area contributed by atoms with Crippen molar-refractivity contribution in [2.24, 2.45) is 11.8 Å². The van der Waals surface area contributed by atoms with E-state index in [0.29, 0.717) is 41.6 Å². The number of methoxy groups -OCH3 is 1. The summed E-state index contributed by atoms with van der Waals surface area (Å²) >= 11 is 7.08. The molecule has 0 spiro atoms. The van der Waals surface area contributed by atoms with E-state index in [1.54, 1.807) is 45.3 Å². The minimum atomic E-state index is -0.316. The number of carbonyl (C=O) groups excluding carboxylic acids is 3. The van der Waals surface area contributed by atoms with Gasteiger partial charge in [0.15, 0.2) is 0 Å². The zero-order valence-corrected chi connectivity index (χ0v) is 63.3. The molecule has 92 heavy (non-hydrogen) atoms. The predicted molar refractivity (Wildman–Crippen MR) is 405 cm³/mol. The third kappa shape index (κ3) is 22.2. The van der Waals surface area contributed by atoms with Gasteiger partial charge < -0.3 is 14.5 Å². The quantitative estimate of drug-likeness (QED) is 0.0287. The summed E-state index contributed by atoms with van der Waals surface area (Å²) in [6.07, 6.45) is 51.2. The van der Waals surface area contributed by atoms with E-state index in [4.69, 9.17) is 4.74 Å². The van der Waals surface area contributed by atoms with Crippen LogP contribution in [0.2, 0.25) is 0 Å². The van der Waals surface area contributed by atoms with Crippen molar-refractivity contribution in [3.63, 3.8) is 0 Å². The molecule has 0 radical (unpaired) electrons. The molecule has 2 aliphatic heterocycles. The average Bonchev–Trinajstić information content (AvgIpc) is 1.56. The molecule has 1 aromatic carbocycles. The second-order valence-electron chi connectivity index (χ2n) is 30.1. The Morgan fingerprint density at radius 1 is 0.402 bits per heavy atom. The minimum absolute atomic E-state index is 0.0202. The number of hydrogen-bond acceptors (Lipinski definition) is 8. The summed E-state index contributed by atoms with van der Waals surface area (Å²) in [7, 11) is 1.47. The fourth-order valence-corrected chi connectivity index (χ4v) is 19.1. The van der Waals surface area contributed by atoms with Gasteiger partial charge in [0.05, 0.1) is 54.4 Å². The predicted octanol–water partition coefficient (Wildman–Crippen LogP) is 27.0. The van der Waals surface area contributed by atoms with Gasteiger partial charge in [-0.2, -0.15) is 0 Å². The molecular formula is C82H126N2O4S4. The van der Waals surface area contributed by atoms with Crippen LogP contribution in [-0.2, 0) is 25.2 Å². The van der Waals surface area contributed by atoms with E-state index in [1.807, 2.05) is 6.07 Å². The lowest BCUT2D eigenvalue weighted by atomic mass is 9.93. The second-order valence-corrected chi connectivity index (χ2v) is 34.4. The zero-order valence-electron chi connectivity index (χ0n) is 60.1. The number of benzene rings is 1. The number of nitrogens with zero attached hydrogens (tertiary/aromatic N) is 2. The highest BCUT2D eigenvalue weighted by Gasteiger charge is 2.50. The lowest BCUT2D eigenvalue weighted by molar-refractivity contribution is -0.124. The summed E-state index contributed by atoms with van der Waals surface area (Å²) < 4.78 is 7.70.